The Morgan fingerprint density at radius 1 is 1.24 bits per heavy atom. The molecule has 0 bridgehead atoms. The highest BCUT2D eigenvalue weighted by Gasteiger charge is 2.57. The second-order valence-corrected chi connectivity index (χ2v) is 8.96. The van der Waals surface area contributed by atoms with E-state index in [0.717, 1.165) is 19.3 Å². The van der Waals surface area contributed by atoms with Crippen molar-refractivity contribution < 1.29 is 19.7 Å². The highest BCUT2D eigenvalue weighted by molar-refractivity contribution is 6.10. The minimum atomic E-state index is -0.626. The van der Waals surface area contributed by atoms with Crippen molar-refractivity contribution in [2.45, 2.75) is 60.0 Å². The lowest BCUT2D eigenvalue weighted by atomic mass is 9.48. The number of hydrogen-bond donors (Lipinski definition) is 2. The first-order valence-corrected chi connectivity index (χ1v) is 9.23. The van der Waals surface area contributed by atoms with Gasteiger partial charge in [0.15, 0.2) is 5.76 Å². The Kier molecular flexibility index (Phi) is 4.18. The van der Waals surface area contributed by atoms with Gasteiger partial charge in [0, 0.05) is 28.1 Å². The topological polar surface area (TPSA) is 66.8 Å². The van der Waals surface area contributed by atoms with Crippen molar-refractivity contribution in [3.8, 4) is 0 Å². The van der Waals surface area contributed by atoms with Crippen molar-refractivity contribution in [1.29, 1.82) is 0 Å². The minimum Gasteiger partial charge on any atom is -0.504 e. The number of methoxy groups -OCH3 is 1. The Balaban J connectivity index is 2.30. The lowest BCUT2D eigenvalue weighted by molar-refractivity contribution is -0.116. The van der Waals surface area contributed by atoms with Gasteiger partial charge in [-0.05, 0) is 30.3 Å². The lowest BCUT2D eigenvalue weighted by Gasteiger charge is -2.56. The van der Waals surface area contributed by atoms with Crippen molar-refractivity contribution >= 4 is 5.78 Å². The first-order valence-electron chi connectivity index (χ1n) is 9.23. The van der Waals surface area contributed by atoms with Gasteiger partial charge < -0.3 is 14.9 Å². The molecule has 138 valence electrons. The first kappa shape index (κ1) is 18.2. The van der Waals surface area contributed by atoms with Crippen LogP contribution in [0.3, 0.4) is 0 Å². The molecule has 4 nitrogen and oxygen atoms in total. The van der Waals surface area contributed by atoms with Crippen LogP contribution < -0.4 is 0 Å². The zero-order valence-electron chi connectivity index (χ0n) is 16.1. The van der Waals surface area contributed by atoms with Crippen molar-refractivity contribution in [1.82, 2.24) is 0 Å². The van der Waals surface area contributed by atoms with E-state index in [4.69, 9.17) is 4.74 Å². The Morgan fingerprint density at radius 2 is 1.88 bits per heavy atom. The van der Waals surface area contributed by atoms with E-state index in [9.17, 15) is 15.0 Å². The average Bonchev–Trinajstić information content (AvgIpc) is 2.48. The molecule has 0 unspecified atom stereocenters. The van der Waals surface area contributed by atoms with Gasteiger partial charge in [-0.3, -0.25) is 4.79 Å². The maximum Gasteiger partial charge on any atom is 0.227 e. The van der Waals surface area contributed by atoms with Crippen LogP contribution in [0.4, 0.5) is 0 Å². The molecular weight excluding hydrogens is 316 g/mol. The van der Waals surface area contributed by atoms with Gasteiger partial charge in [0.2, 0.25) is 5.78 Å². The number of ether oxygens (including phenoxy) is 1. The van der Waals surface area contributed by atoms with Gasteiger partial charge in [0.05, 0.1) is 13.2 Å². The molecule has 4 heteroatoms. The molecule has 0 aromatic carbocycles. The standard InChI is InChI=1S/C21H30O4/c1-11(2)14-16(23)17(24)15-12(18(14)25-6)10-13(22)19-20(3,4)8-7-9-21(15,19)5/h10-11,13,19,22,24H,7-9H2,1-6H3/t13-,19-,21+/m0/s1. The fourth-order valence-electron chi connectivity index (χ4n) is 5.68. The smallest absolute Gasteiger partial charge is 0.227 e. The summed E-state index contributed by atoms with van der Waals surface area (Å²) in [7, 11) is 1.55. The summed E-state index contributed by atoms with van der Waals surface area (Å²) in [5.41, 5.74) is 1.34. The number of aliphatic hydroxyl groups is 2. The molecule has 0 saturated heterocycles. The average molecular weight is 346 g/mol. The highest BCUT2D eigenvalue weighted by Crippen LogP contribution is 2.61. The van der Waals surface area contributed by atoms with E-state index < -0.39 is 11.5 Å². The summed E-state index contributed by atoms with van der Waals surface area (Å²) in [5.74, 6) is -0.0971. The fourth-order valence-corrected chi connectivity index (χ4v) is 5.68. The van der Waals surface area contributed by atoms with E-state index in [-0.39, 0.29) is 28.8 Å². The number of ketones is 1. The second-order valence-electron chi connectivity index (χ2n) is 8.96. The monoisotopic (exact) mass is 346 g/mol. The third-order valence-electron chi connectivity index (χ3n) is 6.53. The number of fused-ring (bicyclic) bond motifs is 3. The van der Waals surface area contributed by atoms with Gasteiger partial charge in [0.25, 0.3) is 0 Å². The Labute approximate surface area is 150 Å². The lowest BCUT2D eigenvalue weighted by Crippen LogP contribution is -2.52. The van der Waals surface area contributed by atoms with E-state index in [1.54, 1.807) is 13.2 Å². The molecule has 1 fully saturated rings. The number of Topliss-reactive ketones (excluding diaryl/α,β-unsaturated/α-hetero) is 1. The molecule has 3 aliphatic rings. The molecule has 0 spiro atoms. The van der Waals surface area contributed by atoms with Gasteiger partial charge in [0.1, 0.15) is 5.76 Å². The third kappa shape index (κ3) is 2.41. The summed E-state index contributed by atoms with van der Waals surface area (Å²) in [6.07, 6.45) is 4.04. The molecule has 2 N–H and O–H groups in total. The summed E-state index contributed by atoms with van der Waals surface area (Å²) < 4.78 is 5.61. The molecule has 0 aromatic heterocycles. The molecule has 0 aromatic rings. The first-order chi connectivity index (χ1) is 11.6. The van der Waals surface area contributed by atoms with E-state index >= 15 is 0 Å². The van der Waals surface area contributed by atoms with Crippen LogP contribution in [-0.2, 0) is 9.53 Å². The maximum absolute atomic E-state index is 12.9. The number of aliphatic hydroxyl groups excluding tert-OH is 2. The molecule has 3 atom stereocenters. The molecule has 1 saturated carbocycles. The van der Waals surface area contributed by atoms with E-state index in [1.165, 1.54) is 0 Å². The van der Waals surface area contributed by atoms with Crippen LogP contribution in [0, 0.1) is 22.7 Å². The Bertz CT molecular complexity index is 707. The predicted molar refractivity (Wildman–Crippen MR) is 96.9 cm³/mol. The zero-order valence-corrected chi connectivity index (χ0v) is 16.1. The highest BCUT2D eigenvalue weighted by atomic mass is 16.5. The molecule has 0 heterocycles. The van der Waals surface area contributed by atoms with Crippen molar-refractivity contribution in [3.63, 3.8) is 0 Å². The Hall–Kier alpha value is -1.55. The van der Waals surface area contributed by atoms with Crippen LogP contribution in [0.5, 0.6) is 0 Å². The molecular formula is C21H30O4. The van der Waals surface area contributed by atoms with Crippen LogP contribution in [0.1, 0.15) is 53.9 Å². The quantitative estimate of drug-likeness (QED) is 0.791. The summed E-state index contributed by atoms with van der Waals surface area (Å²) >= 11 is 0. The van der Waals surface area contributed by atoms with Gasteiger partial charge in [-0.15, -0.1) is 0 Å². The molecule has 3 aliphatic carbocycles. The second kappa shape index (κ2) is 5.73. The largest absolute Gasteiger partial charge is 0.504 e. The minimum absolute atomic E-state index is 0.0406. The molecule has 0 amide bonds. The molecule has 3 rings (SSSR count). The normalized spacial score (nSPS) is 34.7. The predicted octanol–water partition coefficient (Wildman–Crippen LogP) is 4.07. The van der Waals surface area contributed by atoms with Crippen molar-refractivity contribution in [2.24, 2.45) is 22.7 Å². The Morgan fingerprint density at radius 3 is 2.44 bits per heavy atom. The maximum atomic E-state index is 12.9. The van der Waals surface area contributed by atoms with Crippen LogP contribution in [0.25, 0.3) is 0 Å². The van der Waals surface area contributed by atoms with E-state index in [0.29, 0.717) is 22.5 Å². The molecule has 0 radical (unpaired) electrons. The number of carbonyl (C=O) groups is 1. The van der Waals surface area contributed by atoms with E-state index in [2.05, 4.69) is 20.8 Å². The van der Waals surface area contributed by atoms with Gasteiger partial charge in [-0.1, -0.05) is 41.0 Å². The summed E-state index contributed by atoms with van der Waals surface area (Å²) in [4.78, 5) is 12.9. The van der Waals surface area contributed by atoms with Gasteiger partial charge in [-0.25, -0.2) is 0 Å². The van der Waals surface area contributed by atoms with Gasteiger partial charge >= 0.3 is 0 Å². The van der Waals surface area contributed by atoms with Crippen LogP contribution in [-0.4, -0.2) is 29.2 Å². The summed E-state index contributed by atoms with van der Waals surface area (Å²) in [6, 6.07) is 0. The van der Waals surface area contributed by atoms with Crippen LogP contribution in [0.2, 0.25) is 0 Å². The SMILES string of the molecule is COC1=C(C(C)C)C(=O)C(O)=C2C1=C[C@H](O)[C@H]1C(C)(C)CCC[C@]21C. The van der Waals surface area contributed by atoms with Crippen LogP contribution >= 0.6 is 0 Å². The van der Waals surface area contributed by atoms with Crippen LogP contribution in [0.15, 0.2) is 34.3 Å². The fraction of sp³-hybridized carbons (Fsp3) is 0.667. The number of hydrogen-bond acceptors (Lipinski definition) is 4. The number of rotatable bonds is 2. The summed E-state index contributed by atoms with van der Waals surface area (Å²) in [6.45, 7) is 10.3. The molecule has 25 heavy (non-hydrogen) atoms. The third-order valence-corrected chi connectivity index (χ3v) is 6.53. The summed E-state index contributed by atoms with van der Waals surface area (Å²) in [5, 5.41) is 21.9. The molecule has 0 aliphatic heterocycles. The van der Waals surface area contributed by atoms with E-state index in [1.807, 2.05) is 13.8 Å². The van der Waals surface area contributed by atoms with Crippen molar-refractivity contribution in [2.75, 3.05) is 7.11 Å². The zero-order chi connectivity index (χ0) is 18.7. The number of allylic oxidation sites excluding steroid dienone is 2. The van der Waals surface area contributed by atoms with Gasteiger partial charge in [-0.2, -0.15) is 0 Å². The van der Waals surface area contributed by atoms with Crippen molar-refractivity contribution in [3.05, 3.63) is 34.3 Å². The number of carbonyl (C=O) groups excluding carboxylic acids is 1.